The maximum absolute atomic E-state index is 12.7. The molecule has 31 heavy (non-hydrogen) atoms. The molecule has 0 aliphatic carbocycles. The van der Waals surface area contributed by atoms with E-state index in [9.17, 15) is 22.8 Å². The number of rotatable bonds is 5. The Morgan fingerprint density at radius 2 is 1.97 bits per heavy atom. The van der Waals surface area contributed by atoms with E-state index in [0.29, 0.717) is 27.8 Å². The molecule has 1 aromatic carbocycles. The minimum Gasteiger partial charge on any atom is -0.309 e. The number of halogens is 5. The van der Waals surface area contributed by atoms with E-state index < -0.39 is 17.6 Å². The third-order valence-corrected chi connectivity index (χ3v) is 6.06. The van der Waals surface area contributed by atoms with E-state index >= 15 is 0 Å². The molecule has 1 saturated heterocycles. The Hall–Kier alpha value is -2.14. The van der Waals surface area contributed by atoms with Gasteiger partial charge in [-0.15, -0.1) is 0 Å². The highest BCUT2D eigenvalue weighted by Gasteiger charge is 2.33. The van der Waals surface area contributed by atoms with E-state index in [0.717, 1.165) is 11.8 Å². The summed E-state index contributed by atoms with van der Waals surface area (Å²) >= 11 is 18.2. The summed E-state index contributed by atoms with van der Waals surface area (Å²) in [6.07, 6.45) is -2.57. The standard InChI is InChI=1S/C19H12Cl2F3N3O2S2/c20-12-4-2-1-3-10(12)7-14-17(29)27(18(30)31-14)6-5-15(28)26-16-13(21)8-11(9-25-16)19(22,23)24/h1-4,7-9H,5-6H2,(H,25,26,28)/b14-7+. The summed E-state index contributed by atoms with van der Waals surface area (Å²) < 4.78 is 38.3. The van der Waals surface area contributed by atoms with Crippen LogP contribution in [0.5, 0.6) is 0 Å². The molecule has 0 bridgehead atoms. The van der Waals surface area contributed by atoms with Crippen LogP contribution in [0.15, 0.2) is 41.4 Å². The summed E-state index contributed by atoms with van der Waals surface area (Å²) in [5, 5.41) is 2.46. The molecule has 0 atom stereocenters. The molecular weight excluding hydrogens is 494 g/mol. The van der Waals surface area contributed by atoms with E-state index in [-0.39, 0.29) is 34.0 Å². The summed E-state index contributed by atoms with van der Waals surface area (Å²) in [5.74, 6) is -1.16. The molecule has 1 fully saturated rings. The van der Waals surface area contributed by atoms with Gasteiger partial charge >= 0.3 is 6.18 Å². The second-order valence-electron chi connectivity index (χ2n) is 6.21. The Labute approximate surface area is 194 Å². The van der Waals surface area contributed by atoms with E-state index in [4.69, 9.17) is 35.4 Å². The Kier molecular flexibility index (Phi) is 7.25. The molecule has 1 N–H and O–H groups in total. The maximum Gasteiger partial charge on any atom is 0.417 e. The van der Waals surface area contributed by atoms with Crippen LogP contribution >= 0.6 is 47.2 Å². The number of hydrogen-bond donors (Lipinski definition) is 1. The number of carbonyl (C=O) groups is 2. The summed E-state index contributed by atoms with van der Waals surface area (Å²) in [6, 6.07) is 7.66. The highest BCUT2D eigenvalue weighted by atomic mass is 35.5. The quantitative estimate of drug-likeness (QED) is 0.421. The molecule has 2 heterocycles. The van der Waals surface area contributed by atoms with Gasteiger partial charge in [-0.25, -0.2) is 4.98 Å². The minimum absolute atomic E-state index is 0.0192. The fourth-order valence-electron chi connectivity index (χ4n) is 2.52. The number of hydrogen-bond acceptors (Lipinski definition) is 5. The van der Waals surface area contributed by atoms with Crippen LogP contribution in [0.3, 0.4) is 0 Å². The number of aromatic nitrogens is 1. The number of carbonyl (C=O) groups excluding carboxylic acids is 2. The lowest BCUT2D eigenvalue weighted by atomic mass is 10.2. The molecule has 0 spiro atoms. The van der Waals surface area contributed by atoms with E-state index in [1.54, 1.807) is 30.3 Å². The molecule has 12 heteroatoms. The average molecular weight is 506 g/mol. The second-order valence-corrected chi connectivity index (χ2v) is 8.70. The van der Waals surface area contributed by atoms with Crippen molar-refractivity contribution in [1.29, 1.82) is 0 Å². The van der Waals surface area contributed by atoms with Gasteiger partial charge in [-0.3, -0.25) is 14.5 Å². The van der Waals surface area contributed by atoms with Crippen molar-refractivity contribution < 1.29 is 22.8 Å². The van der Waals surface area contributed by atoms with Crippen LogP contribution in [-0.2, 0) is 15.8 Å². The summed E-state index contributed by atoms with van der Waals surface area (Å²) in [4.78, 5) is 30.0. The van der Waals surface area contributed by atoms with Crippen LogP contribution in [-0.4, -0.2) is 32.6 Å². The zero-order valence-electron chi connectivity index (χ0n) is 15.4. The van der Waals surface area contributed by atoms with Crippen LogP contribution in [0.2, 0.25) is 10.0 Å². The monoisotopic (exact) mass is 505 g/mol. The second kappa shape index (κ2) is 9.56. The van der Waals surface area contributed by atoms with Crippen LogP contribution in [0, 0.1) is 0 Å². The Morgan fingerprint density at radius 3 is 2.61 bits per heavy atom. The highest BCUT2D eigenvalue weighted by Crippen LogP contribution is 2.34. The predicted octanol–water partition coefficient (Wildman–Crippen LogP) is 5.64. The van der Waals surface area contributed by atoms with Gasteiger partial charge in [0, 0.05) is 24.2 Å². The Bertz CT molecular complexity index is 1090. The maximum atomic E-state index is 12.7. The fourth-order valence-corrected chi connectivity index (χ4v) is 4.22. The third-order valence-electron chi connectivity index (χ3n) is 4.05. The summed E-state index contributed by atoms with van der Waals surface area (Å²) in [6.45, 7) is -0.0192. The van der Waals surface area contributed by atoms with Crippen molar-refractivity contribution >= 4 is 75.2 Å². The largest absolute Gasteiger partial charge is 0.417 e. The van der Waals surface area contributed by atoms with Crippen molar-refractivity contribution in [3.63, 3.8) is 0 Å². The number of alkyl halides is 3. The first-order chi connectivity index (χ1) is 14.6. The first-order valence-corrected chi connectivity index (χ1v) is 10.6. The number of nitrogens with zero attached hydrogens (tertiary/aromatic N) is 2. The van der Waals surface area contributed by atoms with Crippen molar-refractivity contribution in [2.24, 2.45) is 0 Å². The molecule has 0 saturated carbocycles. The smallest absolute Gasteiger partial charge is 0.309 e. The fraction of sp³-hybridized carbons (Fsp3) is 0.158. The van der Waals surface area contributed by atoms with Gasteiger partial charge in [-0.2, -0.15) is 13.2 Å². The van der Waals surface area contributed by atoms with Gasteiger partial charge in [0.1, 0.15) is 4.32 Å². The first-order valence-electron chi connectivity index (χ1n) is 8.59. The van der Waals surface area contributed by atoms with E-state index in [1.807, 2.05) is 0 Å². The van der Waals surface area contributed by atoms with Gasteiger partial charge in [-0.1, -0.05) is 65.4 Å². The normalized spacial score (nSPS) is 15.6. The topological polar surface area (TPSA) is 62.3 Å². The molecule has 2 aromatic rings. The lowest BCUT2D eigenvalue weighted by Crippen LogP contribution is -2.31. The minimum atomic E-state index is -4.60. The number of thioether (sulfide) groups is 1. The van der Waals surface area contributed by atoms with Gasteiger partial charge in [-0.05, 0) is 23.8 Å². The molecule has 1 aliphatic heterocycles. The predicted molar refractivity (Wildman–Crippen MR) is 119 cm³/mol. The first kappa shape index (κ1) is 23.5. The number of amides is 2. The zero-order chi connectivity index (χ0) is 22.8. The average Bonchev–Trinajstić information content (AvgIpc) is 2.95. The molecule has 1 aliphatic rings. The van der Waals surface area contributed by atoms with Crippen molar-refractivity contribution in [2.75, 3.05) is 11.9 Å². The lowest BCUT2D eigenvalue weighted by Gasteiger charge is -2.14. The molecule has 0 unspecified atom stereocenters. The number of benzene rings is 1. The molecule has 5 nitrogen and oxygen atoms in total. The van der Waals surface area contributed by atoms with Crippen molar-refractivity contribution in [3.05, 3.63) is 62.6 Å². The van der Waals surface area contributed by atoms with E-state index in [2.05, 4.69) is 10.3 Å². The third kappa shape index (κ3) is 5.76. The van der Waals surface area contributed by atoms with Gasteiger partial charge in [0.25, 0.3) is 5.91 Å². The number of thiocarbonyl (C=S) groups is 1. The van der Waals surface area contributed by atoms with E-state index in [1.165, 1.54) is 4.90 Å². The molecule has 3 rings (SSSR count). The summed E-state index contributed by atoms with van der Waals surface area (Å²) in [5.41, 5.74) is -0.371. The number of nitrogens with one attached hydrogen (secondary N) is 1. The summed E-state index contributed by atoms with van der Waals surface area (Å²) in [7, 11) is 0. The van der Waals surface area contributed by atoms with Gasteiger partial charge in [0.15, 0.2) is 5.82 Å². The lowest BCUT2D eigenvalue weighted by molar-refractivity contribution is -0.137. The van der Waals surface area contributed by atoms with Crippen LogP contribution < -0.4 is 5.32 Å². The Balaban J connectivity index is 1.62. The highest BCUT2D eigenvalue weighted by molar-refractivity contribution is 8.26. The zero-order valence-corrected chi connectivity index (χ0v) is 18.5. The van der Waals surface area contributed by atoms with Gasteiger partial charge < -0.3 is 5.32 Å². The van der Waals surface area contributed by atoms with Crippen LogP contribution in [0.1, 0.15) is 17.5 Å². The molecular formula is C19H12Cl2F3N3O2S2. The molecule has 0 radical (unpaired) electrons. The molecule has 2 amide bonds. The van der Waals surface area contributed by atoms with Gasteiger partial charge in [0.05, 0.1) is 15.5 Å². The van der Waals surface area contributed by atoms with Gasteiger partial charge in [0.2, 0.25) is 5.91 Å². The number of anilines is 1. The molecule has 162 valence electrons. The van der Waals surface area contributed by atoms with Crippen LogP contribution in [0.4, 0.5) is 19.0 Å². The SMILES string of the molecule is O=C(CCN1C(=O)/C(=C\c2ccccc2Cl)SC1=S)Nc1ncc(C(F)(F)F)cc1Cl. The van der Waals surface area contributed by atoms with Crippen molar-refractivity contribution in [1.82, 2.24) is 9.88 Å². The van der Waals surface area contributed by atoms with Crippen molar-refractivity contribution in [3.8, 4) is 0 Å². The number of pyridine rings is 1. The van der Waals surface area contributed by atoms with Crippen LogP contribution in [0.25, 0.3) is 6.08 Å². The molecule has 1 aromatic heterocycles. The Morgan fingerprint density at radius 1 is 1.26 bits per heavy atom. The van der Waals surface area contributed by atoms with Crippen molar-refractivity contribution in [2.45, 2.75) is 12.6 Å².